The molecule has 1 saturated carbocycles. The predicted molar refractivity (Wildman–Crippen MR) is 141 cm³/mol. The number of rotatable bonds is 7. The van der Waals surface area contributed by atoms with Gasteiger partial charge in [0.15, 0.2) is 11.8 Å². The van der Waals surface area contributed by atoms with Gasteiger partial charge in [-0.25, -0.2) is 9.18 Å². The summed E-state index contributed by atoms with van der Waals surface area (Å²) in [5.74, 6) is -1.46. The molecule has 2 saturated heterocycles. The Morgan fingerprint density at radius 3 is 2.35 bits per heavy atom. The molecule has 3 fully saturated rings. The van der Waals surface area contributed by atoms with Crippen LogP contribution in [-0.4, -0.2) is 44.0 Å². The molecule has 1 aliphatic carbocycles. The molecule has 5 rings (SSSR count). The van der Waals surface area contributed by atoms with E-state index in [1.54, 1.807) is 6.07 Å². The number of hydrogen-bond donors (Lipinski definition) is 3. The standard InChI is InChI=1S/C29H32F7N3O4/c30-21-15-19(43-29(34,35)36)10-11-22(21)38-26(40)39-23-14-18(17-6-2-1-3-7-17)16-37-25(23)42-24-9-5-4-8-20(24)27(12-13-41-27)28(31,32)33/h4-5,8-11,15,17-18,23,25,37H,1-3,6-7,12-14,16H2,(H2,38,39,40)/t18?,23?,25?,27-/m1/s1. The Bertz CT molecular complexity index is 1280. The van der Waals surface area contributed by atoms with Crippen molar-refractivity contribution in [1.29, 1.82) is 0 Å². The fourth-order valence-electron chi connectivity index (χ4n) is 6.22. The van der Waals surface area contributed by atoms with Crippen molar-refractivity contribution in [1.82, 2.24) is 10.6 Å². The van der Waals surface area contributed by atoms with Crippen molar-refractivity contribution < 1.29 is 49.7 Å². The number of ether oxygens (including phenoxy) is 3. The first kappa shape index (κ1) is 31.2. The Kier molecular flexibility index (Phi) is 8.98. The largest absolute Gasteiger partial charge is 0.573 e. The van der Waals surface area contributed by atoms with Gasteiger partial charge in [-0.1, -0.05) is 50.3 Å². The molecule has 3 N–H and O–H groups in total. The Hall–Kier alpha value is -3.26. The number of carbonyl (C=O) groups is 1. The highest BCUT2D eigenvalue weighted by atomic mass is 19.4. The first-order chi connectivity index (χ1) is 20.3. The summed E-state index contributed by atoms with van der Waals surface area (Å²) in [5, 5.41) is 8.26. The van der Waals surface area contributed by atoms with Crippen LogP contribution >= 0.6 is 0 Å². The van der Waals surface area contributed by atoms with E-state index in [1.807, 2.05) is 0 Å². The first-order valence-corrected chi connectivity index (χ1v) is 14.2. The Balaban J connectivity index is 1.34. The fourth-order valence-corrected chi connectivity index (χ4v) is 6.22. The molecule has 3 unspecified atom stereocenters. The molecular weight excluding hydrogens is 587 g/mol. The van der Waals surface area contributed by atoms with Gasteiger partial charge in [-0.3, -0.25) is 5.32 Å². The summed E-state index contributed by atoms with van der Waals surface area (Å²) in [6.07, 6.45) is -5.11. The number of urea groups is 1. The van der Waals surface area contributed by atoms with Crippen LogP contribution in [0.25, 0.3) is 0 Å². The lowest BCUT2D eigenvalue weighted by Gasteiger charge is -2.45. The number of halogens is 7. The van der Waals surface area contributed by atoms with Gasteiger partial charge in [-0.2, -0.15) is 13.2 Å². The maximum absolute atomic E-state index is 14.5. The summed E-state index contributed by atoms with van der Waals surface area (Å²) in [7, 11) is 0. The average molecular weight is 620 g/mol. The highest BCUT2D eigenvalue weighted by molar-refractivity contribution is 5.89. The zero-order valence-corrected chi connectivity index (χ0v) is 23.0. The molecular formula is C29H32F7N3O4. The number of carbonyl (C=O) groups excluding carboxylic acids is 1. The number of alkyl halides is 6. The van der Waals surface area contributed by atoms with E-state index >= 15 is 0 Å². The lowest BCUT2D eigenvalue weighted by atomic mass is 9.75. The van der Waals surface area contributed by atoms with Crippen molar-refractivity contribution in [3.05, 3.63) is 53.8 Å². The molecule has 0 aromatic heterocycles. The second kappa shape index (κ2) is 12.4. The third-order valence-electron chi connectivity index (χ3n) is 8.40. The van der Waals surface area contributed by atoms with E-state index in [1.165, 1.54) is 18.2 Å². The maximum Gasteiger partial charge on any atom is 0.573 e. The van der Waals surface area contributed by atoms with E-state index in [0.717, 1.165) is 44.2 Å². The van der Waals surface area contributed by atoms with Crippen molar-refractivity contribution in [3.8, 4) is 11.5 Å². The summed E-state index contributed by atoms with van der Waals surface area (Å²) < 4.78 is 109. The van der Waals surface area contributed by atoms with Crippen molar-refractivity contribution in [2.24, 2.45) is 11.8 Å². The number of para-hydroxylation sites is 1. The van der Waals surface area contributed by atoms with Gasteiger partial charge in [0, 0.05) is 24.6 Å². The molecule has 0 bridgehead atoms. The SMILES string of the molecule is O=C(Nc1ccc(OC(F)(F)F)cc1F)NC1CC(C2CCCCC2)CNC1Oc1ccccc1[C@@]1(C(F)(F)F)CCO1. The van der Waals surface area contributed by atoms with Crippen molar-refractivity contribution in [2.75, 3.05) is 18.5 Å². The predicted octanol–water partition coefficient (Wildman–Crippen LogP) is 6.99. The number of piperidine rings is 1. The van der Waals surface area contributed by atoms with Crippen LogP contribution in [0.4, 0.5) is 41.2 Å². The van der Waals surface area contributed by atoms with Crippen LogP contribution in [-0.2, 0) is 10.3 Å². The van der Waals surface area contributed by atoms with Crippen molar-refractivity contribution >= 4 is 11.7 Å². The lowest BCUT2D eigenvalue weighted by molar-refractivity contribution is -0.334. The highest BCUT2D eigenvalue weighted by Crippen LogP contribution is 2.52. The molecule has 7 nitrogen and oxygen atoms in total. The number of benzene rings is 2. The summed E-state index contributed by atoms with van der Waals surface area (Å²) >= 11 is 0. The Morgan fingerprint density at radius 1 is 1.00 bits per heavy atom. The van der Waals surface area contributed by atoms with Gasteiger partial charge >= 0.3 is 18.6 Å². The Labute approximate surface area is 243 Å². The van der Waals surface area contributed by atoms with Crippen LogP contribution in [0.15, 0.2) is 42.5 Å². The minimum Gasteiger partial charge on any atom is -0.473 e. The Morgan fingerprint density at radius 2 is 1.72 bits per heavy atom. The van der Waals surface area contributed by atoms with Gasteiger partial charge in [-0.15, -0.1) is 13.2 Å². The van der Waals surface area contributed by atoms with E-state index in [-0.39, 0.29) is 30.3 Å². The van der Waals surface area contributed by atoms with Gasteiger partial charge in [0.25, 0.3) is 0 Å². The topological polar surface area (TPSA) is 80.9 Å². The smallest absolute Gasteiger partial charge is 0.473 e. The fraction of sp³-hybridized carbons (Fsp3) is 0.552. The minimum absolute atomic E-state index is 0.0494. The van der Waals surface area contributed by atoms with Gasteiger partial charge in [0.2, 0.25) is 0 Å². The molecule has 14 heteroatoms. The van der Waals surface area contributed by atoms with E-state index in [4.69, 9.17) is 9.47 Å². The zero-order chi connectivity index (χ0) is 30.8. The number of amides is 2. The molecule has 43 heavy (non-hydrogen) atoms. The second-order valence-electron chi connectivity index (χ2n) is 11.2. The summed E-state index contributed by atoms with van der Waals surface area (Å²) in [4.78, 5) is 13.0. The highest BCUT2D eigenvalue weighted by Gasteiger charge is 2.62. The summed E-state index contributed by atoms with van der Waals surface area (Å²) in [6.45, 7) is 0.469. The molecule has 236 valence electrons. The monoisotopic (exact) mass is 619 g/mol. The molecule has 2 aromatic carbocycles. The summed E-state index contributed by atoms with van der Waals surface area (Å²) in [6, 6.07) is 6.40. The first-order valence-electron chi connectivity index (χ1n) is 14.2. The van der Waals surface area contributed by atoms with Gasteiger partial charge < -0.3 is 24.8 Å². The van der Waals surface area contributed by atoms with Crippen LogP contribution < -0.4 is 25.4 Å². The second-order valence-corrected chi connectivity index (χ2v) is 11.2. The molecule has 2 aliphatic heterocycles. The van der Waals surface area contributed by atoms with E-state index in [9.17, 15) is 35.5 Å². The van der Waals surface area contributed by atoms with Gasteiger partial charge in [-0.05, 0) is 36.5 Å². The van der Waals surface area contributed by atoms with Gasteiger partial charge in [0.05, 0.1) is 18.3 Å². The molecule has 2 heterocycles. The van der Waals surface area contributed by atoms with Crippen LogP contribution in [0, 0.1) is 17.7 Å². The number of hydrogen-bond acceptors (Lipinski definition) is 5. The van der Waals surface area contributed by atoms with Crippen molar-refractivity contribution in [2.45, 2.75) is 75.4 Å². The van der Waals surface area contributed by atoms with E-state index in [2.05, 4.69) is 20.7 Å². The maximum atomic E-state index is 14.5. The summed E-state index contributed by atoms with van der Waals surface area (Å²) in [5.41, 5.74) is -3.06. The molecule has 0 radical (unpaired) electrons. The minimum atomic E-state index is -5.01. The number of nitrogens with one attached hydrogen (secondary N) is 3. The lowest BCUT2D eigenvalue weighted by Crippen LogP contribution is -2.60. The van der Waals surface area contributed by atoms with Crippen molar-refractivity contribution in [3.63, 3.8) is 0 Å². The normalized spacial score (nSPS) is 26.7. The number of anilines is 1. The van der Waals surface area contributed by atoms with Crippen LogP contribution in [0.5, 0.6) is 11.5 Å². The van der Waals surface area contributed by atoms with Gasteiger partial charge in [0.1, 0.15) is 17.3 Å². The molecule has 0 spiro atoms. The van der Waals surface area contributed by atoms with Crippen LogP contribution in [0.2, 0.25) is 0 Å². The van der Waals surface area contributed by atoms with Crippen LogP contribution in [0.1, 0.15) is 50.5 Å². The third kappa shape index (κ3) is 7.11. The van der Waals surface area contributed by atoms with Crippen LogP contribution in [0.3, 0.4) is 0 Å². The zero-order valence-electron chi connectivity index (χ0n) is 23.0. The third-order valence-corrected chi connectivity index (χ3v) is 8.40. The molecule has 2 amide bonds. The van der Waals surface area contributed by atoms with E-state index in [0.29, 0.717) is 24.9 Å². The molecule has 3 aliphatic rings. The molecule has 2 aromatic rings. The van der Waals surface area contributed by atoms with E-state index < -0.39 is 53.7 Å². The molecule has 4 atom stereocenters. The average Bonchev–Trinajstić information content (AvgIpc) is 2.90. The quantitative estimate of drug-likeness (QED) is 0.291.